The van der Waals surface area contributed by atoms with Gasteiger partial charge in [-0.15, -0.1) is 0 Å². The van der Waals surface area contributed by atoms with Crippen molar-refractivity contribution < 1.29 is 29.4 Å². The Morgan fingerprint density at radius 2 is 1.60 bits per heavy atom. The Bertz CT molecular complexity index is 1450. The molecule has 0 spiro atoms. The average Bonchev–Trinajstić information content (AvgIpc) is 2.96. The number of phenolic OH excluding ortho intramolecular Hbond substituents is 1. The van der Waals surface area contributed by atoms with Gasteiger partial charge in [0.15, 0.2) is 0 Å². The van der Waals surface area contributed by atoms with Gasteiger partial charge in [-0.2, -0.15) is 0 Å². The van der Waals surface area contributed by atoms with E-state index in [9.17, 15) is 29.4 Å². The molecule has 0 saturated carbocycles. The van der Waals surface area contributed by atoms with Crippen LogP contribution in [0, 0.1) is 13.8 Å². The van der Waals surface area contributed by atoms with E-state index >= 15 is 0 Å². The van der Waals surface area contributed by atoms with Crippen LogP contribution in [0.5, 0.6) is 5.75 Å². The molecule has 42 heavy (non-hydrogen) atoms. The van der Waals surface area contributed by atoms with Crippen LogP contribution in [0.1, 0.15) is 39.8 Å². The van der Waals surface area contributed by atoms with Crippen LogP contribution in [0.4, 0.5) is 0 Å². The fourth-order valence-corrected chi connectivity index (χ4v) is 5.36. The molecule has 10 heteroatoms. The third-order valence-corrected chi connectivity index (χ3v) is 7.58. The Kier molecular flexibility index (Phi) is 9.59. The summed E-state index contributed by atoms with van der Waals surface area (Å²) in [6, 6.07) is 16.5. The smallest absolute Gasteiger partial charge is 0.305 e. The van der Waals surface area contributed by atoms with E-state index in [-0.39, 0.29) is 31.7 Å². The van der Waals surface area contributed by atoms with E-state index in [2.05, 4.69) is 10.6 Å². The van der Waals surface area contributed by atoms with E-state index in [4.69, 9.17) is 5.73 Å². The quantitative estimate of drug-likeness (QED) is 0.249. The van der Waals surface area contributed by atoms with Gasteiger partial charge in [0, 0.05) is 19.5 Å². The van der Waals surface area contributed by atoms with Gasteiger partial charge in [0.1, 0.15) is 17.8 Å². The van der Waals surface area contributed by atoms with E-state index < -0.39 is 48.2 Å². The first-order valence-electron chi connectivity index (χ1n) is 13.8. The zero-order valence-electron chi connectivity index (χ0n) is 23.7. The predicted molar refractivity (Wildman–Crippen MR) is 156 cm³/mol. The fraction of sp³-hybridized carbons (Fsp3) is 0.312. The van der Waals surface area contributed by atoms with Gasteiger partial charge in [0.05, 0.1) is 12.5 Å². The third kappa shape index (κ3) is 7.32. The van der Waals surface area contributed by atoms with Gasteiger partial charge in [-0.3, -0.25) is 19.2 Å². The lowest BCUT2D eigenvalue weighted by atomic mass is 9.91. The van der Waals surface area contributed by atoms with Gasteiger partial charge in [-0.1, -0.05) is 54.6 Å². The molecular weight excluding hydrogens is 536 g/mol. The molecule has 3 aromatic carbocycles. The van der Waals surface area contributed by atoms with Gasteiger partial charge in [-0.25, -0.2) is 0 Å². The Balaban J connectivity index is 1.54. The minimum atomic E-state index is -1.34. The molecule has 3 amide bonds. The molecule has 1 heterocycles. The molecular formula is C32H36N4O6. The number of benzene rings is 3. The Hall–Kier alpha value is -4.70. The number of carboxylic acids is 1. The monoisotopic (exact) mass is 572 g/mol. The van der Waals surface area contributed by atoms with Crippen molar-refractivity contribution in [2.24, 2.45) is 5.73 Å². The first-order chi connectivity index (χ1) is 20.0. The number of carbonyl (C=O) groups is 4. The van der Waals surface area contributed by atoms with Crippen LogP contribution in [0.2, 0.25) is 0 Å². The number of nitrogens with one attached hydrogen (secondary N) is 2. The number of phenols is 1. The number of amides is 3. The summed E-state index contributed by atoms with van der Waals surface area (Å²) in [5, 5.41) is 24.6. The number of carboxylic acid groups (broad SMARTS) is 1. The first-order valence-corrected chi connectivity index (χ1v) is 13.8. The molecule has 220 valence electrons. The Morgan fingerprint density at radius 3 is 2.24 bits per heavy atom. The van der Waals surface area contributed by atoms with Crippen LogP contribution < -0.4 is 16.4 Å². The van der Waals surface area contributed by atoms with Gasteiger partial charge >= 0.3 is 5.97 Å². The van der Waals surface area contributed by atoms with Gasteiger partial charge in [0.25, 0.3) is 0 Å². The molecule has 6 N–H and O–H groups in total. The van der Waals surface area contributed by atoms with E-state index in [1.807, 2.05) is 68.4 Å². The summed E-state index contributed by atoms with van der Waals surface area (Å²) in [5.74, 6) is -2.85. The van der Waals surface area contributed by atoms with E-state index in [1.54, 1.807) is 12.1 Å². The first kappa shape index (κ1) is 30.3. The lowest BCUT2D eigenvalue weighted by Crippen LogP contribution is -2.59. The summed E-state index contributed by atoms with van der Waals surface area (Å²) in [6.45, 7) is 3.96. The normalized spacial score (nSPS) is 15.7. The van der Waals surface area contributed by atoms with Crippen LogP contribution in [-0.4, -0.2) is 56.9 Å². The number of hydrogen-bond acceptors (Lipinski definition) is 6. The summed E-state index contributed by atoms with van der Waals surface area (Å²) in [7, 11) is 0. The molecule has 0 saturated heterocycles. The zero-order valence-corrected chi connectivity index (χ0v) is 23.7. The molecule has 1 aliphatic heterocycles. The van der Waals surface area contributed by atoms with Crippen molar-refractivity contribution in [3.8, 4) is 5.75 Å². The lowest BCUT2D eigenvalue weighted by Gasteiger charge is -2.38. The third-order valence-electron chi connectivity index (χ3n) is 7.58. The summed E-state index contributed by atoms with van der Waals surface area (Å²) < 4.78 is 0. The minimum Gasteiger partial charge on any atom is -0.508 e. The summed E-state index contributed by atoms with van der Waals surface area (Å²) in [4.78, 5) is 53.4. The SMILES string of the molecule is Cc1cc(O)cc(C)c1C[C@H](N)C(=O)N1Cc2ccccc2C[C@H]1C(=O)N[C@@H](CC(=O)O)C(=O)NCc1ccccc1. The van der Waals surface area contributed by atoms with Gasteiger partial charge in [-0.05, 0) is 65.8 Å². The standard InChI is InChI=1S/C32H36N4O6/c1-19-12-24(37)13-20(2)25(19)15-26(33)32(42)36-18-23-11-7-6-10-22(23)14-28(36)31(41)35-27(16-29(38)39)30(40)34-17-21-8-4-3-5-9-21/h3-13,26-28,37H,14-18,33H2,1-2H3,(H,34,40)(H,35,41)(H,38,39)/t26-,27-,28-/m0/s1. The number of rotatable bonds is 10. The second-order valence-electron chi connectivity index (χ2n) is 10.7. The number of fused-ring (bicyclic) bond motifs is 1. The number of carbonyl (C=O) groups excluding carboxylic acids is 3. The van der Waals surface area contributed by atoms with Crippen molar-refractivity contribution in [2.45, 2.75) is 64.3 Å². The zero-order chi connectivity index (χ0) is 30.4. The number of aliphatic carboxylic acids is 1. The average molecular weight is 573 g/mol. The van der Waals surface area contributed by atoms with E-state index in [1.165, 1.54) is 4.90 Å². The van der Waals surface area contributed by atoms with Gasteiger partial charge in [0.2, 0.25) is 17.7 Å². The molecule has 4 rings (SSSR count). The van der Waals surface area contributed by atoms with Crippen LogP contribution in [0.25, 0.3) is 0 Å². The minimum absolute atomic E-state index is 0.127. The molecule has 0 aromatic heterocycles. The van der Waals surface area contributed by atoms with Crippen molar-refractivity contribution in [1.82, 2.24) is 15.5 Å². The molecule has 0 fully saturated rings. The Labute approximate surface area is 244 Å². The van der Waals surface area contributed by atoms with Crippen molar-refractivity contribution >= 4 is 23.7 Å². The number of hydrogen-bond donors (Lipinski definition) is 5. The largest absolute Gasteiger partial charge is 0.508 e. The highest BCUT2D eigenvalue weighted by Crippen LogP contribution is 2.26. The predicted octanol–water partition coefficient (Wildman–Crippen LogP) is 2.11. The second kappa shape index (κ2) is 13.3. The van der Waals surface area contributed by atoms with E-state index in [0.29, 0.717) is 0 Å². The molecule has 0 unspecified atom stereocenters. The molecule has 3 aromatic rings. The molecule has 10 nitrogen and oxygen atoms in total. The maximum atomic E-state index is 13.8. The maximum Gasteiger partial charge on any atom is 0.305 e. The number of aryl methyl sites for hydroxylation is 2. The molecule has 0 aliphatic carbocycles. The lowest BCUT2D eigenvalue weighted by molar-refractivity contribution is -0.145. The number of nitrogens with two attached hydrogens (primary N) is 1. The summed E-state index contributed by atoms with van der Waals surface area (Å²) in [6.07, 6.45) is -0.238. The number of aromatic hydroxyl groups is 1. The van der Waals surface area contributed by atoms with Crippen molar-refractivity contribution in [2.75, 3.05) is 0 Å². The maximum absolute atomic E-state index is 13.8. The highest BCUT2D eigenvalue weighted by Gasteiger charge is 2.38. The highest BCUT2D eigenvalue weighted by atomic mass is 16.4. The van der Waals surface area contributed by atoms with Crippen molar-refractivity contribution in [1.29, 1.82) is 0 Å². The van der Waals surface area contributed by atoms with Gasteiger partial charge < -0.3 is 31.5 Å². The Morgan fingerprint density at radius 1 is 0.976 bits per heavy atom. The topological polar surface area (TPSA) is 162 Å². The molecule has 0 bridgehead atoms. The van der Waals surface area contributed by atoms with Crippen LogP contribution in [-0.2, 0) is 45.1 Å². The van der Waals surface area contributed by atoms with Crippen LogP contribution in [0.15, 0.2) is 66.7 Å². The van der Waals surface area contributed by atoms with Crippen LogP contribution in [0.3, 0.4) is 0 Å². The summed E-state index contributed by atoms with van der Waals surface area (Å²) in [5.41, 5.74) is 11.4. The molecule has 3 atom stereocenters. The fourth-order valence-electron chi connectivity index (χ4n) is 5.36. The summed E-state index contributed by atoms with van der Waals surface area (Å²) >= 11 is 0. The second-order valence-corrected chi connectivity index (χ2v) is 10.7. The number of nitrogens with zero attached hydrogens (tertiary/aromatic N) is 1. The highest BCUT2D eigenvalue weighted by molar-refractivity contribution is 5.95. The van der Waals surface area contributed by atoms with Crippen molar-refractivity contribution in [3.05, 3.63) is 100 Å². The molecule has 1 aliphatic rings. The van der Waals surface area contributed by atoms with Crippen LogP contribution >= 0.6 is 0 Å². The van der Waals surface area contributed by atoms with Crippen molar-refractivity contribution in [3.63, 3.8) is 0 Å². The van der Waals surface area contributed by atoms with E-state index in [0.717, 1.165) is 33.4 Å². The molecule has 0 radical (unpaired) electrons.